The van der Waals surface area contributed by atoms with E-state index < -0.39 is 0 Å². The van der Waals surface area contributed by atoms with E-state index in [9.17, 15) is 0 Å². The summed E-state index contributed by atoms with van der Waals surface area (Å²) >= 11 is 0. The van der Waals surface area contributed by atoms with Gasteiger partial charge in [0, 0.05) is 12.6 Å². The summed E-state index contributed by atoms with van der Waals surface area (Å²) in [6.07, 6.45) is 2.08. The Kier molecular flexibility index (Phi) is 6.51. The zero-order valence-electron chi connectivity index (χ0n) is 9.42. The molecule has 76 valence electrons. The van der Waals surface area contributed by atoms with Gasteiger partial charge in [-0.2, -0.15) is 0 Å². The van der Waals surface area contributed by atoms with Crippen molar-refractivity contribution in [1.29, 1.82) is 0 Å². The van der Waals surface area contributed by atoms with E-state index in [-0.39, 0.29) is 0 Å². The van der Waals surface area contributed by atoms with Crippen LogP contribution in [0, 0.1) is 0 Å². The zero-order valence-corrected chi connectivity index (χ0v) is 9.42. The first-order valence-electron chi connectivity index (χ1n) is 4.85. The smallest absolute Gasteiger partial charge is 0.0883 e. The predicted octanol–water partition coefficient (Wildman–Crippen LogP) is 2.84. The maximum atomic E-state index is 5.32. The fourth-order valence-electron chi connectivity index (χ4n) is 0.988. The second-order valence-electron chi connectivity index (χ2n) is 3.57. The third kappa shape index (κ3) is 7.72. The monoisotopic (exact) mass is 183 g/mol. The number of aliphatic imine (C=N–C) groups is 1. The minimum Gasteiger partial charge on any atom is -0.375 e. The van der Waals surface area contributed by atoms with Crippen LogP contribution < -0.4 is 0 Å². The molecule has 0 saturated carbocycles. The van der Waals surface area contributed by atoms with Gasteiger partial charge in [0.25, 0.3) is 0 Å². The van der Waals surface area contributed by atoms with Gasteiger partial charge in [-0.1, -0.05) is 5.57 Å². The molecule has 0 amide bonds. The molecule has 0 radical (unpaired) electrons. The molecule has 0 bridgehead atoms. The van der Waals surface area contributed by atoms with Gasteiger partial charge in [-0.15, -0.1) is 0 Å². The highest BCUT2D eigenvalue weighted by molar-refractivity contribution is 5.96. The summed E-state index contributed by atoms with van der Waals surface area (Å²) in [5.74, 6) is 0. The number of hydrogen-bond acceptors (Lipinski definition) is 2. The maximum Gasteiger partial charge on any atom is 0.0883 e. The molecular weight excluding hydrogens is 162 g/mol. The minimum absolute atomic E-state index is 0.339. The lowest BCUT2D eigenvalue weighted by atomic mass is 10.2. The third-order valence-corrected chi connectivity index (χ3v) is 1.33. The highest BCUT2D eigenvalue weighted by atomic mass is 16.5. The molecule has 0 aromatic heterocycles. The summed E-state index contributed by atoms with van der Waals surface area (Å²) in [7, 11) is 0. The number of hydrogen-bond donors (Lipinski definition) is 0. The summed E-state index contributed by atoms with van der Waals surface area (Å²) in [5, 5.41) is 0. The minimum atomic E-state index is 0.339. The summed E-state index contributed by atoms with van der Waals surface area (Å²) in [5.41, 5.74) is 2.30. The van der Waals surface area contributed by atoms with Crippen LogP contribution in [0.3, 0.4) is 0 Å². The van der Waals surface area contributed by atoms with Gasteiger partial charge in [0.1, 0.15) is 0 Å². The molecule has 0 N–H and O–H groups in total. The molecule has 0 heterocycles. The summed E-state index contributed by atoms with van der Waals surface area (Å²) in [4.78, 5) is 4.47. The first-order chi connectivity index (χ1) is 6.06. The zero-order chi connectivity index (χ0) is 10.3. The molecule has 0 atom stereocenters. The number of ether oxygens (including phenoxy) is 1. The molecule has 0 fully saturated rings. The standard InChI is InChI=1S/C11H21NO/c1-6-13-8-11(7-9(2)3)12-10(4)5/h7,10H,6,8H2,1-5H3/b12-11+. The number of nitrogens with zero attached hydrogens (tertiary/aromatic N) is 1. The molecule has 2 heteroatoms. The second kappa shape index (κ2) is 6.84. The maximum absolute atomic E-state index is 5.32. The van der Waals surface area contributed by atoms with Crippen molar-refractivity contribution in [3.05, 3.63) is 11.6 Å². The van der Waals surface area contributed by atoms with Crippen molar-refractivity contribution in [2.75, 3.05) is 13.2 Å². The highest BCUT2D eigenvalue weighted by Gasteiger charge is 1.96. The molecule has 0 aliphatic carbocycles. The lowest BCUT2D eigenvalue weighted by Gasteiger charge is -2.05. The van der Waals surface area contributed by atoms with Crippen molar-refractivity contribution in [3.8, 4) is 0 Å². The van der Waals surface area contributed by atoms with E-state index in [0.29, 0.717) is 12.6 Å². The van der Waals surface area contributed by atoms with Crippen molar-refractivity contribution in [2.24, 2.45) is 4.99 Å². The van der Waals surface area contributed by atoms with E-state index in [2.05, 4.69) is 38.8 Å². The normalized spacial score (nSPS) is 12.0. The third-order valence-electron chi connectivity index (χ3n) is 1.33. The lowest BCUT2D eigenvalue weighted by Crippen LogP contribution is -2.09. The van der Waals surface area contributed by atoms with Crippen LogP contribution in [0.1, 0.15) is 34.6 Å². The van der Waals surface area contributed by atoms with E-state index in [1.165, 1.54) is 5.57 Å². The lowest BCUT2D eigenvalue weighted by molar-refractivity contribution is 0.187. The van der Waals surface area contributed by atoms with Crippen molar-refractivity contribution in [1.82, 2.24) is 0 Å². The van der Waals surface area contributed by atoms with Gasteiger partial charge in [0.05, 0.1) is 12.3 Å². The predicted molar refractivity (Wildman–Crippen MR) is 58.5 cm³/mol. The van der Waals surface area contributed by atoms with Gasteiger partial charge in [-0.25, -0.2) is 0 Å². The molecule has 0 aliphatic rings. The molecule has 13 heavy (non-hydrogen) atoms. The Labute approximate surface area is 81.7 Å². The topological polar surface area (TPSA) is 21.6 Å². The van der Waals surface area contributed by atoms with Gasteiger partial charge in [0.15, 0.2) is 0 Å². The SMILES string of the molecule is CCOC/C(C=C(C)C)=N/C(C)C. The van der Waals surface area contributed by atoms with Crippen molar-refractivity contribution in [2.45, 2.75) is 40.7 Å². The van der Waals surface area contributed by atoms with E-state index in [4.69, 9.17) is 4.74 Å². The van der Waals surface area contributed by atoms with Gasteiger partial charge in [0.2, 0.25) is 0 Å². The van der Waals surface area contributed by atoms with E-state index >= 15 is 0 Å². The van der Waals surface area contributed by atoms with Gasteiger partial charge in [-0.05, 0) is 40.7 Å². The van der Waals surface area contributed by atoms with E-state index in [1.807, 2.05) is 6.92 Å². The van der Waals surface area contributed by atoms with Crippen LogP contribution in [-0.4, -0.2) is 25.0 Å². The first kappa shape index (κ1) is 12.4. The Bertz CT molecular complexity index is 188. The number of allylic oxidation sites excluding steroid dienone is 1. The fourth-order valence-corrected chi connectivity index (χ4v) is 0.988. The highest BCUT2D eigenvalue weighted by Crippen LogP contribution is 1.96. The largest absolute Gasteiger partial charge is 0.375 e. The average molecular weight is 183 g/mol. The Morgan fingerprint density at radius 3 is 2.38 bits per heavy atom. The average Bonchev–Trinajstić information content (AvgIpc) is 1.98. The van der Waals surface area contributed by atoms with E-state index in [0.717, 1.165) is 12.3 Å². The molecule has 0 spiro atoms. The van der Waals surface area contributed by atoms with Crippen LogP contribution in [0.2, 0.25) is 0 Å². The van der Waals surface area contributed by atoms with Crippen LogP contribution >= 0.6 is 0 Å². The van der Waals surface area contributed by atoms with Crippen LogP contribution in [0.5, 0.6) is 0 Å². The summed E-state index contributed by atoms with van der Waals surface area (Å²) in [6.45, 7) is 11.7. The van der Waals surface area contributed by atoms with Gasteiger partial charge < -0.3 is 4.74 Å². The second-order valence-corrected chi connectivity index (χ2v) is 3.57. The molecule has 2 nitrogen and oxygen atoms in total. The summed E-state index contributed by atoms with van der Waals surface area (Å²) in [6, 6.07) is 0.339. The Morgan fingerprint density at radius 1 is 1.38 bits per heavy atom. The van der Waals surface area contributed by atoms with Gasteiger partial charge >= 0.3 is 0 Å². The van der Waals surface area contributed by atoms with E-state index in [1.54, 1.807) is 0 Å². The molecule has 0 unspecified atom stereocenters. The molecule has 0 rings (SSSR count). The van der Waals surface area contributed by atoms with Crippen molar-refractivity contribution >= 4 is 5.71 Å². The molecule has 0 saturated heterocycles. The molecule has 0 aromatic rings. The quantitative estimate of drug-likeness (QED) is 0.601. The molecular formula is C11H21NO. The van der Waals surface area contributed by atoms with Crippen LogP contribution in [0.25, 0.3) is 0 Å². The molecule has 0 aliphatic heterocycles. The van der Waals surface area contributed by atoms with Gasteiger partial charge in [-0.3, -0.25) is 4.99 Å². The fraction of sp³-hybridized carbons (Fsp3) is 0.727. The first-order valence-corrected chi connectivity index (χ1v) is 4.85. The van der Waals surface area contributed by atoms with Crippen LogP contribution in [0.15, 0.2) is 16.6 Å². The van der Waals surface area contributed by atoms with Crippen molar-refractivity contribution in [3.63, 3.8) is 0 Å². The molecule has 0 aromatic carbocycles. The number of rotatable bonds is 5. The van der Waals surface area contributed by atoms with Crippen LogP contribution in [-0.2, 0) is 4.74 Å². The van der Waals surface area contributed by atoms with Crippen LogP contribution in [0.4, 0.5) is 0 Å². The summed E-state index contributed by atoms with van der Waals surface area (Å²) < 4.78 is 5.32. The Balaban J connectivity index is 4.28. The Morgan fingerprint density at radius 2 is 2.00 bits per heavy atom. The Hall–Kier alpha value is -0.630. The van der Waals surface area contributed by atoms with Crippen molar-refractivity contribution < 1.29 is 4.74 Å².